The van der Waals surface area contributed by atoms with Crippen molar-refractivity contribution in [2.75, 3.05) is 0 Å². The van der Waals surface area contributed by atoms with E-state index in [1.54, 1.807) is 6.07 Å². The maximum absolute atomic E-state index is 11.0. The molecule has 0 saturated heterocycles. The minimum atomic E-state index is -0.871. The third-order valence-electron chi connectivity index (χ3n) is 2.86. The van der Waals surface area contributed by atoms with Gasteiger partial charge in [0.25, 0.3) is 0 Å². The van der Waals surface area contributed by atoms with Crippen LogP contribution in [0.15, 0.2) is 6.07 Å². The van der Waals surface area contributed by atoms with Gasteiger partial charge in [0.2, 0.25) is 0 Å². The van der Waals surface area contributed by atoms with Crippen LogP contribution in [0.5, 0.6) is 0 Å². The molecule has 1 aromatic rings. The number of aryl methyl sites for hydroxylation is 2. The Hall–Kier alpha value is -1.38. The molecule has 0 atom stereocenters. The van der Waals surface area contributed by atoms with Crippen molar-refractivity contribution < 1.29 is 9.90 Å². The molecule has 3 nitrogen and oxygen atoms in total. The Morgan fingerprint density at radius 3 is 2.73 bits per heavy atom. The quantitative estimate of drug-likeness (QED) is 0.824. The van der Waals surface area contributed by atoms with Crippen LogP contribution < -0.4 is 0 Å². The Kier molecular flexibility index (Phi) is 2.47. The highest BCUT2D eigenvalue weighted by Crippen LogP contribution is 2.40. The molecule has 0 radical (unpaired) electrons. The first-order valence-corrected chi connectivity index (χ1v) is 5.37. The molecule has 0 spiro atoms. The van der Waals surface area contributed by atoms with Crippen LogP contribution in [-0.4, -0.2) is 16.1 Å². The standard InChI is InChI=1S/C12H15NO2/c1-3-10-9(12(14)15)6-7(2)11(13-10)8-4-5-8/h6,8H,3-5H2,1-2H3,(H,14,15). The number of aromatic carboxylic acids is 1. The molecule has 0 aromatic carbocycles. The van der Waals surface area contributed by atoms with Crippen LogP contribution in [0.2, 0.25) is 0 Å². The molecule has 0 amide bonds. The summed E-state index contributed by atoms with van der Waals surface area (Å²) in [5.74, 6) is -0.289. The zero-order chi connectivity index (χ0) is 11.0. The van der Waals surface area contributed by atoms with Gasteiger partial charge in [-0.25, -0.2) is 4.79 Å². The Balaban J connectivity index is 2.49. The molecule has 1 aliphatic carbocycles. The van der Waals surface area contributed by atoms with Crippen LogP contribution in [0, 0.1) is 6.92 Å². The van der Waals surface area contributed by atoms with Crippen LogP contribution in [0.1, 0.15) is 53.0 Å². The van der Waals surface area contributed by atoms with Gasteiger partial charge in [0.15, 0.2) is 0 Å². The van der Waals surface area contributed by atoms with Gasteiger partial charge in [-0.3, -0.25) is 4.98 Å². The Labute approximate surface area is 89.2 Å². The minimum absolute atomic E-state index is 0.361. The topological polar surface area (TPSA) is 50.2 Å². The number of aromatic nitrogens is 1. The molecule has 3 heteroatoms. The first kappa shape index (κ1) is 10.1. The molecule has 1 aliphatic rings. The molecular weight excluding hydrogens is 190 g/mol. The fraction of sp³-hybridized carbons (Fsp3) is 0.500. The van der Waals surface area contributed by atoms with E-state index in [9.17, 15) is 4.79 Å². The van der Waals surface area contributed by atoms with Crippen molar-refractivity contribution in [3.8, 4) is 0 Å². The van der Waals surface area contributed by atoms with Crippen molar-refractivity contribution >= 4 is 5.97 Å². The number of carboxylic acid groups (broad SMARTS) is 1. The average Bonchev–Trinajstić information content (AvgIpc) is 3.00. The van der Waals surface area contributed by atoms with E-state index in [1.807, 2.05) is 13.8 Å². The molecule has 1 aromatic heterocycles. The van der Waals surface area contributed by atoms with E-state index in [0.29, 0.717) is 17.9 Å². The fourth-order valence-corrected chi connectivity index (χ4v) is 1.89. The van der Waals surface area contributed by atoms with Crippen LogP contribution in [0.25, 0.3) is 0 Å². The fourth-order valence-electron chi connectivity index (χ4n) is 1.89. The van der Waals surface area contributed by atoms with E-state index in [0.717, 1.165) is 17.0 Å². The third-order valence-corrected chi connectivity index (χ3v) is 2.86. The van der Waals surface area contributed by atoms with E-state index in [-0.39, 0.29) is 0 Å². The van der Waals surface area contributed by atoms with Crippen molar-refractivity contribution in [2.45, 2.75) is 39.0 Å². The van der Waals surface area contributed by atoms with Crippen molar-refractivity contribution in [3.05, 3.63) is 28.6 Å². The van der Waals surface area contributed by atoms with Gasteiger partial charge >= 0.3 is 5.97 Å². The van der Waals surface area contributed by atoms with Crippen molar-refractivity contribution in [1.29, 1.82) is 0 Å². The SMILES string of the molecule is CCc1nc(C2CC2)c(C)cc1C(=O)O. The van der Waals surface area contributed by atoms with Gasteiger partial charge in [-0.1, -0.05) is 6.92 Å². The Morgan fingerprint density at radius 1 is 1.60 bits per heavy atom. The van der Waals surface area contributed by atoms with Gasteiger partial charge in [-0.05, 0) is 37.8 Å². The maximum Gasteiger partial charge on any atom is 0.337 e. The normalized spacial score (nSPS) is 15.3. The van der Waals surface area contributed by atoms with Crippen LogP contribution in [0.4, 0.5) is 0 Å². The number of nitrogens with zero attached hydrogens (tertiary/aromatic N) is 1. The average molecular weight is 205 g/mol. The number of hydrogen-bond donors (Lipinski definition) is 1. The van der Waals surface area contributed by atoms with Crippen molar-refractivity contribution in [2.24, 2.45) is 0 Å². The lowest BCUT2D eigenvalue weighted by molar-refractivity contribution is 0.0695. The number of carboxylic acids is 1. The monoisotopic (exact) mass is 205 g/mol. The third kappa shape index (κ3) is 1.87. The molecular formula is C12H15NO2. The van der Waals surface area contributed by atoms with Gasteiger partial charge in [-0.2, -0.15) is 0 Å². The molecule has 80 valence electrons. The Morgan fingerprint density at radius 2 is 2.27 bits per heavy atom. The predicted molar refractivity (Wildman–Crippen MR) is 57.3 cm³/mol. The highest BCUT2D eigenvalue weighted by molar-refractivity contribution is 5.89. The summed E-state index contributed by atoms with van der Waals surface area (Å²) < 4.78 is 0. The summed E-state index contributed by atoms with van der Waals surface area (Å²) in [5, 5.41) is 9.03. The number of carbonyl (C=O) groups is 1. The molecule has 0 bridgehead atoms. The lowest BCUT2D eigenvalue weighted by Crippen LogP contribution is -2.07. The van der Waals surface area contributed by atoms with Crippen LogP contribution in [-0.2, 0) is 6.42 Å². The van der Waals surface area contributed by atoms with Gasteiger partial charge in [0, 0.05) is 11.6 Å². The molecule has 2 rings (SSSR count). The first-order chi connectivity index (χ1) is 7.13. The lowest BCUT2D eigenvalue weighted by atomic mass is 10.0. The van der Waals surface area contributed by atoms with Crippen LogP contribution >= 0.6 is 0 Å². The summed E-state index contributed by atoms with van der Waals surface area (Å²) in [6, 6.07) is 1.77. The van der Waals surface area contributed by atoms with Crippen molar-refractivity contribution in [1.82, 2.24) is 4.98 Å². The first-order valence-electron chi connectivity index (χ1n) is 5.37. The summed E-state index contributed by atoms with van der Waals surface area (Å²) in [6.45, 7) is 3.90. The second kappa shape index (κ2) is 3.65. The second-order valence-corrected chi connectivity index (χ2v) is 4.12. The molecule has 0 aliphatic heterocycles. The second-order valence-electron chi connectivity index (χ2n) is 4.12. The number of hydrogen-bond acceptors (Lipinski definition) is 2. The molecule has 1 fully saturated rings. The summed E-state index contributed by atoms with van der Waals surface area (Å²) >= 11 is 0. The van der Waals surface area contributed by atoms with E-state index < -0.39 is 5.97 Å². The smallest absolute Gasteiger partial charge is 0.337 e. The molecule has 15 heavy (non-hydrogen) atoms. The number of rotatable bonds is 3. The van der Waals surface area contributed by atoms with E-state index >= 15 is 0 Å². The molecule has 0 unspecified atom stereocenters. The molecule has 1 N–H and O–H groups in total. The van der Waals surface area contributed by atoms with Gasteiger partial charge < -0.3 is 5.11 Å². The maximum atomic E-state index is 11.0. The highest BCUT2D eigenvalue weighted by atomic mass is 16.4. The van der Waals surface area contributed by atoms with E-state index in [1.165, 1.54) is 12.8 Å². The van der Waals surface area contributed by atoms with Gasteiger partial charge in [0.1, 0.15) is 0 Å². The van der Waals surface area contributed by atoms with E-state index in [4.69, 9.17) is 5.11 Å². The highest BCUT2D eigenvalue weighted by Gasteiger charge is 2.28. The van der Waals surface area contributed by atoms with E-state index in [2.05, 4.69) is 4.98 Å². The largest absolute Gasteiger partial charge is 0.478 e. The summed E-state index contributed by atoms with van der Waals surface area (Å²) in [6.07, 6.45) is 3.08. The summed E-state index contributed by atoms with van der Waals surface area (Å²) in [4.78, 5) is 15.5. The predicted octanol–water partition coefficient (Wildman–Crippen LogP) is 2.53. The zero-order valence-corrected chi connectivity index (χ0v) is 9.08. The summed E-state index contributed by atoms with van der Waals surface area (Å²) in [7, 11) is 0. The minimum Gasteiger partial charge on any atom is -0.478 e. The van der Waals surface area contributed by atoms with Gasteiger partial charge in [-0.15, -0.1) is 0 Å². The van der Waals surface area contributed by atoms with Crippen LogP contribution in [0.3, 0.4) is 0 Å². The molecule has 1 heterocycles. The number of pyridine rings is 1. The lowest BCUT2D eigenvalue weighted by Gasteiger charge is -2.09. The van der Waals surface area contributed by atoms with Gasteiger partial charge in [0.05, 0.1) is 11.3 Å². The van der Waals surface area contributed by atoms with Crippen molar-refractivity contribution in [3.63, 3.8) is 0 Å². The molecule has 1 saturated carbocycles. The summed E-state index contributed by atoms with van der Waals surface area (Å²) in [5.41, 5.74) is 3.21. The zero-order valence-electron chi connectivity index (χ0n) is 9.08. The Bertz CT molecular complexity index is 408.